The van der Waals surface area contributed by atoms with E-state index in [1.807, 2.05) is 38.1 Å². The number of unbranched alkanes of at least 4 members (excludes halogenated alkanes) is 1. The third-order valence-electron chi connectivity index (χ3n) is 6.24. The molecule has 1 amide bonds. The molecule has 2 unspecified atom stereocenters. The highest BCUT2D eigenvalue weighted by Crippen LogP contribution is 2.39. The van der Waals surface area contributed by atoms with E-state index in [0.29, 0.717) is 12.4 Å². The van der Waals surface area contributed by atoms with E-state index >= 15 is 0 Å². The number of carbonyl (C=O) groups excluding carboxylic acids is 2. The van der Waals surface area contributed by atoms with Crippen LogP contribution in [0.1, 0.15) is 42.6 Å². The predicted octanol–water partition coefficient (Wildman–Crippen LogP) is 4.03. The van der Waals surface area contributed by atoms with Gasteiger partial charge in [-0.15, -0.1) is 0 Å². The summed E-state index contributed by atoms with van der Waals surface area (Å²) in [5.41, 5.74) is 7.47. The van der Waals surface area contributed by atoms with Gasteiger partial charge in [0.05, 0.1) is 20.2 Å². The van der Waals surface area contributed by atoms with E-state index in [4.69, 9.17) is 19.9 Å². The monoisotopic (exact) mass is 508 g/mol. The largest absolute Gasteiger partial charge is 0.497 e. The zero-order chi connectivity index (χ0) is 26.5. The highest BCUT2D eigenvalue weighted by atomic mass is 19.4. The number of hydrogen-bond acceptors (Lipinski definition) is 6. The average Bonchev–Trinajstić information content (AvgIpc) is 2.83. The number of likely N-dealkylation sites (tertiary alicyclic amines) is 1. The molecule has 1 fully saturated rings. The van der Waals surface area contributed by atoms with Gasteiger partial charge in [0.2, 0.25) is 5.91 Å². The van der Waals surface area contributed by atoms with Crippen LogP contribution in [-0.2, 0) is 24.7 Å². The molecule has 1 heterocycles. The number of hydrogen-bond donors (Lipinski definition) is 1. The molecule has 0 spiro atoms. The smallest absolute Gasteiger partial charge is 0.490 e. The highest BCUT2D eigenvalue weighted by Gasteiger charge is 2.51. The maximum Gasteiger partial charge on any atom is 0.490 e. The summed E-state index contributed by atoms with van der Waals surface area (Å²) in [7, 11) is 1.43. The van der Waals surface area contributed by atoms with Crippen LogP contribution in [0.25, 0.3) is 0 Å². The summed E-state index contributed by atoms with van der Waals surface area (Å²) in [5.74, 6) is -2.63. The van der Waals surface area contributed by atoms with E-state index < -0.39 is 35.8 Å². The topological polar surface area (TPSA) is 91.1 Å². The van der Waals surface area contributed by atoms with Crippen molar-refractivity contribution in [2.24, 2.45) is 5.73 Å². The van der Waals surface area contributed by atoms with Gasteiger partial charge in [0.15, 0.2) is 6.10 Å². The number of alkyl halides is 3. The van der Waals surface area contributed by atoms with Crippen molar-refractivity contribution >= 4 is 11.9 Å². The molecule has 0 aliphatic carbocycles. The minimum absolute atomic E-state index is 0.138. The first-order valence-electron chi connectivity index (χ1n) is 11.7. The van der Waals surface area contributed by atoms with Gasteiger partial charge in [0.1, 0.15) is 17.4 Å². The number of aryl methyl sites for hydroxylation is 1. The lowest BCUT2D eigenvalue weighted by molar-refractivity contribution is -0.207. The van der Waals surface area contributed by atoms with Crippen LogP contribution in [0.5, 0.6) is 5.75 Å². The lowest BCUT2D eigenvalue weighted by atomic mass is 9.82. The van der Waals surface area contributed by atoms with Crippen LogP contribution in [0.2, 0.25) is 0 Å². The maximum absolute atomic E-state index is 13.3. The summed E-state index contributed by atoms with van der Waals surface area (Å²) in [6.45, 7) is 4.84. The molecule has 1 aliphatic rings. The summed E-state index contributed by atoms with van der Waals surface area (Å²) in [4.78, 5) is 26.3. The Morgan fingerprint density at radius 1 is 1.11 bits per heavy atom. The molecular weight excluding hydrogens is 477 g/mol. The number of amides is 1. The summed E-state index contributed by atoms with van der Waals surface area (Å²) in [6, 6.07) is 11.9. The molecule has 3 rings (SSSR count). The van der Waals surface area contributed by atoms with Gasteiger partial charge in [0, 0.05) is 6.61 Å². The number of rotatable bonds is 10. The van der Waals surface area contributed by atoms with Crippen molar-refractivity contribution in [2.45, 2.75) is 50.6 Å². The van der Waals surface area contributed by atoms with Crippen LogP contribution in [0.3, 0.4) is 0 Å². The molecule has 0 aromatic heterocycles. The highest BCUT2D eigenvalue weighted by molar-refractivity contribution is 5.85. The number of benzene rings is 2. The fraction of sp³-hybridized carbons (Fsp3) is 0.462. The van der Waals surface area contributed by atoms with Gasteiger partial charge in [-0.1, -0.05) is 49.7 Å². The van der Waals surface area contributed by atoms with Crippen molar-refractivity contribution in [1.82, 2.24) is 4.90 Å². The van der Waals surface area contributed by atoms with E-state index in [9.17, 15) is 22.8 Å². The first kappa shape index (κ1) is 27.5. The first-order chi connectivity index (χ1) is 17.0. The Labute approximate surface area is 208 Å². The molecule has 36 heavy (non-hydrogen) atoms. The summed E-state index contributed by atoms with van der Waals surface area (Å²) in [6.07, 6.45) is -5.11. The molecular formula is C26H31F3N2O5. The molecule has 0 saturated carbocycles. The summed E-state index contributed by atoms with van der Waals surface area (Å²) < 4.78 is 54.9. The van der Waals surface area contributed by atoms with Gasteiger partial charge >= 0.3 is 12.1 Å². The van der Waals surface area contributed by atoms with E-state index in [2.05, 4.69) is 0 Å². The Morgan fingerprint density at radius 2 is 1.75 bits per heavy atom. The van der Waals surface area contributed by atoms with Crippen molar-refractivity contribution in [3.63, 3.8) is 0 Å². The van der Waals surface area contributed by atoms with Crippen LogP contribution in [0.4, 0.5) is 13.2 Å². The average molecular weight is 509 g/mol. The molecule has 7 nitrogen and oxygen atoms in total. The molecule has 2 aromatic rings. The van der Waals surface area contributed by atoms with Crippen molar-refractivity contribution < 1.29 is 37.0 Å². The van der Waals surface area contributed by atoms with Gasteiger partial charge in [-0.05, 0) is 42.2 Å². The molecule has 0 bridgehead atoms. The normalized spacial score (nSPS) is 16.6. The Bertz CT molecular complexity index is 1050. The Morgan fingerprint density at radius 3 is 2.31 bits per heavy atom. The number of ether oxygens (including phenoxy) is 3. The SMILES string of the molecule is CCCCOC1(c2ccccc2C)CN(C(=O)C(N)C(OC(=O)C(F)(F)F)c2ccc(OC)cc2)C1. The predicted molar refractivity (Wildman–Crippen MR) is 126 cm³/mol. The van der Waals surface area contributed by atoms with Crippen LogP contribution >= 0.6 is 0 Å². The first-order valence-corrected chi connectivity index (χ1v) is 11.7. The molecule has 2 atom stereocenters. The summed E-state index contributed by atoms with van der Waals surface area (Å²) >= 11 is 0. The van der Waals surface area contributed by atoms with E-state index in [0.717, 1.165) is 24.0 Å². The van der Waals surface area contributed by atoms with Gasteiger partial charge in [-0.25, -0.2) is 4.79 Å². The molecule has 1 aliphatic heterocycles. The fourth-order valence-electron chi connectivity index (χ4n) is 4.23. The van der Waals surface area contributed by atoms with Crippen molar-refractivity contribution in [3.8, 4) is 5.75 Å². The van der Waals surface area contributed by atoms with Crippen molar-refractivity contribution in [2.75, 3.05) is 26.8 Å². The minimum atomic E-state index is -5.24. The van der Waals surface area contributed by atoms with Gasteiger partial charge in [0.25, 0.3) is 0 Å². The van der Waals surface area contributed by atoms with Gasteiger partial charge in [-0.3, -0.25) is 4.79 Å². The van der Waals surface area contributed by atoms with Crippen molar-refractivity contribution in [1.29, 1.82) is 0 Å². The van der Waals surface area contributed by atoms with Crippen LogP contribution < -0.4 is 10.5 Å². The van der Waals surface area contributed by atoms with Gasteiger partial charge < -0.3 is 24.8 Å². The number of esters is 1. The quantitative estimate of drug-likeness (QED) is 0.385. The second-order valence-corrected chi connectivity index (χ2v) is 8.83. The third-order valence-corrected chi connectivity index (χ3v) is 6.24. The zero-order valence-corrected chi connectivity index (χ0v) is 20.5. The van der Waals surface area contributed by atoms with E-state index in [1.165, 1.54) is 36.3 Å². The number of carbonyl (C=O) groups is 2. The maximum atomic E-state index is 13.3. The van der Waals surface area contributed by atoms with Crippen molar-refractivity contribution in [3.05, 3.63) is 65.2 Å². The lowest BCUT2D eigenvalue weighted by Gasteiger charge is -2.51. The second kappa shape index (κ2) is 11.3. The molecule has 2 N–H and O–H groups in total. The number of nitrogens with zero attached hydrogens (tertiary/aromatic N) is 1. The van der Waals surface area contributed by atoms with Crippen LogP contribution in [0.15, 0.2) is 48.5 Å². The lowest BCUT2D eigenvalue weighted by Crippen LogP contribution is -2.66. The summed E-state index contributed by atoms with van der Waals surface area (Å²) in [5, 5.41) is 0. The molecule has 10 heteroatoms. The Kier molecular flexibility index (Phi) is 8.63. The number of nitrogens with two attached hydrogens (primary N) is 1. The Hall–Kier alpha value is -3.11. The third kappa shape index (κ3) is 5.99. The zero-order valence-electron chi connectivity index (χ0n) is 20.5. The molecule has 1 saturated heterocycles. The standard InChI is InChI=1S/C26H31F3N2O5/c1-4-5-14-35-25(20-9-7-6-8-17(20)2)15-31(16-25)23(32)21(30)22(36-24(33)26(27,28)29)18-10-12-19(34-3)13-11-18/h6-13,21-22H,4-5,14-16,30H2,1-3H3. The number of methoxy groups -OCH3 is 1. The molecule has 0 radical (unpaired) electrons. The van der Waals surface area contributed by atoms with E-state index in [-0.39, 0.29) is 18.7 Å². The Balaban J connectivity index is 1.83. The molecule has 196 valence electrons. The van der Waals surface area contributed by atoms with E-state index in [1.54, 1.807) is 0 Å². The molecule has 2 aromatic carbocycles. The second-order valence-electron chi connectivity index (χ2n) is 8.83. The van der Waals surface area contributed by atoms with Crippen LogP contribution in [-0.4, -0.2) is 55.8 Å². The number of halogens is 3. The fourth-order valence-corrected chi connectivity index (χ4v) is 4.23. The van der Waals surface area contributed by atoms with Gasteiger partial charge in [-0.2, -0.15) is 13.2 Å². The minimum Gasteiger partial charge on any atom is -0.497 e. The van der Waals surface area contributed by atoms with Crippen LogP contribution in [0, 0.1) is 6.92 Å².